The van der Waals surface area contributed by atoms with Crippen LogP contribution in [-0.4, -0.2) is 59.2 Å². The molecule has 2 fully saturated rings. The summed E-state index contributed by atoms with van der Waals surface area (Å²) < 4.78 is 0. The molecule has 7 nitrogen and oxygen atoms in total. The molecule has 3 aliphatic heterocycles. The number of carbonyl (C=O) groups excluding carboxylic acids is 3. The van der Waals surface area contributed by atoms with Gasteiger partial charge in [0.25, 0.3) is 5.91 Å². The minimum absolute atomic E-state index is 0.107. The summed E-state index contributed by atoms with van der Waals surface area (Å²) in [5.41, 5.74) is 2.77. The number of imide groups is 1. The van der Waals surface area contributed by atoms with Gasteiger partial charge >= 0.3 is 0 Å². The molecule has 1 aromatic carbocycles. The number of hydrogen-bond acceptors (Lipinski definition) is 5. The minimum atomic E-state index is -0.552. The van der Waals surface area contributed by atoms with Crippen LogP contribution in [0.1, 0.15) is 41.3 Å². The van der Waals surface area contributed by atoms with Crippen LogP contribution in [0.25, 0.3) is 0 Å². The molecule has 7 heteroatoms. The van der Waals surface area contributed by atoms with Crippen LogP contribution in [-0.2, 0) is 22.7 Å². The van der Waals surface area contributed by atoms with Crippen LogP contribution < -0.4 is 10.6 Å². The van der Waals surface area contributed by atoms with Gasteiger partial charge in [0.05, 0.1) is 0 Å². The number of benzene rings is 1. The summed E-state index contributed by atoms with van der Waals surface area (Å²) in [5.74, 6) is -0.732. The zero-order valence-corrected chi connectivity index (χ0v) is 15.0. The van der Waals surface area contributed by atoms with Gasteiger partial charge in [-0.1, -0.05) is 12.1 Å². The molecule has 3 aliphatic rings. The maximum absolute atomic E-state index is 12.9. The smallest absolute Gasteiger partial charge is 0.255 e. The highest BCUT2D eigenvalue weighted by Gasteiger charge is 2.39. The maximum atomic E-state index is 12.9. The number of hydrogen-bond donors (Lipinski definition) is 2. The van der Waals surface area contributed by atoms with E-state index in [2.05, 4.69) is 28.5 Å². The van der Waals surface area contributed by atoms with Gasteiger partial charge in [0.1, 0.15) is 6.04 Å². The number of fused-ring (bicyclic) bond motifs is 1. The molecule has 0 aromatic heterocycles. The van der Waals surface area contributed by atoms with E-state index in [0.717, 1.165) is 37.3 Å². The van der Waals surface area contributed by atoms with E-state index in [4.69, 9.17) is 0 Å². The van der Waals surface area contributed by atoms with Crippen LogP contribution in [0.4, 0.5) is 0 Å². The lowest BCUT2D eigenvalue weighted by molar-refractivity contribution is -0.136. The Balaban J connectivity index is 1.50. The Morgan fingerprint density at radius 2 is 2.08 bits per heavy atom. The molecule has 0 bridgehead atoms. The fourth-order valence-electron chi connectivity index (χ4n) is 4.05. The topological polar surface area (TPSA) is 81.8 Å². The van der Waals surface area contributed by atoms with Crippen molar-refractivity contribution < 1.29 is 14.4 Å². The number of piperidine rings is 1. The van der Waals surface area contributed by atoms with Crippen LogP contribution in [0, 0.1) is 0 Å². The molecule has 4 rings (SSSR count). The van der Waals surface area contributed by atoms with Crippen LogP contribution in [0.5, 0.6) is 0 Å². The Hall–Kier alpha value is -2.25. The lowest BCUT2D eigenvalue weighted by atomic mass is 10.0. The number of carbonyl (C=O) groups is 3. The quantitative estimate of drug-likeness (QED) is 0.759. The molecule has 0 saturated carbocycles. The number of piperazine rings is 1. The predicted octanol–water partition coefficient (Wildman–Crippen LogP) is 0.241. The molecule has 26 heavy (non-hydrogen) atoms. The van der Waals surface area contributed by atoms with E-state index < -0.39 is 6.04 Å². The van der Waals surface area contributed by atoms with Crippen molar-refractivity contribution in [3.63, 3.8) is 0 Å². The van der Waals surface area contributed by atoms with Gasteiger partial charge in [-0.2, -0.15) is 0 Å². The Morgan fingerprint density at radius 1 is 1.23 bits per heavy atom. The van der Waals surface area contributed by atoms with Crippen LogP contribution in [0.2, 0.25) is 0 Å². The first-order valence-electron chi connectivity index (χ1n) is 9.24. The van der Waals surface area contributed by atoms with Gasteiger partial charge in [0.2, 0.25) is 11.8 Å². The van der Waals surface area contributed by atoms with Gasteiger partial charge in [-0.3, -0.25) is 24.6 Å². The normalized spacial score (nSPS) is 26.8. The van der Waals surface area contributed by atoms with Crippen molar-refractivity contribution >= 4 is 17.7 Å². The number of nitrogens with zero attached hydrogens (tertiary/aromatic N) is 2. The first kappa shape index (κ1) is 17.2. The van der Waals surface area contributed by atoms with Crippen molar-refractivity contribution in [3.8, 4) is 0 Å². The second-order valence-corrected chi connectivity index (χ2v) is 7.42. The third-order valence-electron chi connectivity index (χ3n) is 5.62. The molecule has 138 valence electrons. The van der Waals surface area contributed by atoms with Crippen molar-refractivity contribution in [2.45, 2.75) is 44.9 Å². The highest BCUT2D eigenvalue weighted by Crippen LogP contribution is 2.28. The molecule has 2 atom stereocenters. The van der Waals surface area contributed by atoms with Crippen molar-refractivity contribution in [1.82, 2.24) is 20.4 Å². The molecular weight excluding hydrogens is 332 g/mol. The standard InChI is InChI=1S/C19H24N4O3/c1-12-9-20-6-7-22(12)10-13-2-3-14-11-23(19(26)15(14)8-13)16-4-5-17(24)21-18(16)25/h2-3,8,12,16,20H,4-7,9-11H2,1H3,(H,21,24,25)/t12-,16?/m0/s1. The average Bonchev–Trinajstić information content (AvgIpc) is 2.93. The summed E-state index contributed by atoms with van der Waals surface area (Å²) in [4.78, 5) is 40.3. The van der Waals surface area contributed by atoms with E-state index in [1.165, 1.54) is 0 Å². The summed E-state index contributed by atoms with van der Waals surface area (Å²) in [6.45, 7) is 6.42. The van der Waals surface area contributed by atoms with Crippen molar-refractivity contribution in [2.75, 3.05) is 19.6 Å². The van der Waals surface area contributed by atoms with Gasteiger partial charge < -0.3 is 10.2 Å². The highest BCUT2D eigenvalue weighted by atomic mass is 16.2. The molecule has 3 heterocycles. The molecule has 2 N–H and O–H groups in total. The monoisotopic (exact) mass is 356 g/mol. The van der Waals surface area contributed by atoms with Crippen LogP contribution in [0.3, 0.4) is 0 Å². The Labute approximate surface area is 152 Å². The molecular formula is C19H24N4O3. The summed E-state index contributed by atoms with van der Waals surface area (Å²) in [6, 6.07) is 5.96. The molecule has 0 aliphatic carbocycles. The molecule has 1 aromatic rings. The minimum Gasteiger partial charge on any atom is -0.322 e. The van der Waals surface area contributed by atoms with Gasteiger partial charge in [-0.05, 0) is 30.5 Å². The summed E-state index contributed by atoms with van der Waals surface area (Å²) in [7, 11) is 0. The summed E-state index contributed by atoms with van der Waals surface area (Å²) >= 11 is 0. The lowest BCUT2D eigenvalue weighted by Crippen LogP contribution is -2.52. The number of rotatable bonds is 3. The van der Waals surface area contributed by atoms with E-state index in [0.29, 0.717) is 24.6 Å². The van der Waals surface area contributed by atoms with Crippen molar-refractivity contribution in [3.05, 3.63) is 34.9 Å². The van der Waals surface area contributed by atoms with Gasteiger partial charge in [-0.25, -0.2) is 0 Å². The SMILES string of the molecule is C[C@H]1CNCCN1Cc1ccc2c(c1)C(=O)N(C1CCC(=O)NC1=O)C2. The zero-order chi connectivity index (χ0) is 18.3. The lowest BCUT2D eigenvalue weighted by Gasteiger charge is -2.33. The molecule has 3 amide bonds. The summed E-state index contributed by atoms with van der Waals surface area (Å²) in [6.07, 6.45) is 0.679. The van der Waals surface area contributed by atoms with E-state index in [1.807, 2.05) is 12.1 Å². The Kier molecular flexibility index (Phi) is 4.50. The zero-order valence-electron chi connectivity index (χ0n) is 15.0. The van der Waals surface area contributed by atoms with Gasteiger partial charge in [-0.15, -0.1) is 0 Å². The predicted molar refractivity (Wildman–Crippen MR) is 95.2 cm³/mol. The molecule has 0 spiro atoms. The second-order valence-electron chi connectivity index (χ2n) is 7.42. The van der Waals surface area contributed by atoms with E-state index in [9.17, 15) is 14.4 Å². The highest BCUT2D eigenvalue weighted by molar-refractivity contribution is 6.05. The van der Waals surface area contributed by atoms with Gasteiger partial charge in [0, 0.05) is 50.7 Å². The largest absolute Gasteiger partial charge is 0.322 e. The van der Waals surface area contributed by atoms with E-state index >= 15 is 0 Å². The maximum Gasteiger partial charge on any atom is 0.255 e. The van der Waals surface area contributed by atoms with Crippen molar-refractivity contribution in [2.24, 2.45) is 0 Å². The number of amides is 3. The fourth-order valence-corrected chi connectivity index (χ4v) is 4.05. The Morgan fingerprint density at radius 3 is 2.85 bits per heavy atom. The fraction of sp³-hybridized carbons (Fsp3) is 0.526. The average molecular weight is 356 g/mol. The first-order valence-corrected chi connectivity index (χ1v) is 9.24. The van der Waals surface area contributed by atoms with Gasteiger partial charge in [0.15, 0.2) is 0 Å². The number of nitrogens with one attached hydrogen (secondary N) is 2. The first-order chi connectivity index (χ1) is 12.5. The second kappa shape index (κ2) is 6.81. The molecule has 2 saturated heterocycles. The van der Waals surface area contributed by atoms with Crippen molar-refractivity contribution in [1.29, 1.82) is 0 Å². The van der Waals surface area contributed by atoms with E-state index in [1.54, 1.807) is 4.90 Å². The third-order valence-corrected chi connectivity index (χ3v) is 5.62. The van der Waals surface area contributed by atoms with E-state index in [-0.39, 0.29) is 24.1 Å². The van der Waals surface area contributed by atoms with Crippen LogP contribution >= 0.6 is 0 Å². The third kappa shape index (κ3) is 3.12. The summed E-state index contributed by atoms with van der Waals surface area (Å²) in [5, 5.41) is 5.72. The Bertz CT molecular complexity index is 763. The molecule has 1 unspecified atom stereocenters. The van der Waals surface area contributed by atoms with Crippen LogP contribution in [0.15, 0.2) is 18.2 Å². The molecule has 0 radical (unpaired) electrons.